The van der Waals surface area contributed by atoms with Crippen LogP contribution in [0, 0.1) is 0 Å². The maximum atomic E-state index is 9.36. The lowest BCUT2D eigenvalue weighted by molar-refractivity contribution is 1.62. The predicted octanol–water partition coefficient (Wildman–Crippen LogP) is 11.3. The highest BCUT2D eigenvalue weighted by atomic mass is 14.2. The molecule has 186 valence electrons. The summed E-state index contributed by atoms with van der Waals surface area (Å²) in [4.78, 5) is 0. The van der Waals surface area contributed by atoms with E-state index in [1.54, 1.807) is 24.3 Å². The molecule has 8 aromatic rings. The van der Waals surface area contributed by atoms with E-state index in [0.29, 0.717) is 16.5 Å². The quantitative estimate of drug-likeness (QED) is 0.204. The monoisotopic (exact) mass is 518 g/mol. The molecule has 0 bridgehead atoms. The lowest BCUT2D eigenvalue weighted by Gasteiger charge is -2.20. The van der Waals surface area contributed by atoms with Crippen LogP contribution in [0.2, 0.25) is 0 Å². The molecule has 0 nitrogen and oxygen atoms in total. The van der Waals surface area contributed by atoms with Crippen molar-refractivity contribution in [2.45, 2.75) is 0 Å². The highest BCUT2D eigenvalue weighted by Gasteiger charge is 2.19. The number of hydrogen-bond donors (Lipinski definition) is 0. The number of rotatable bonds is 3. The second kappa shape index (κ2) is 9.22. The highest BCUT2D eigenvalue weighted by Crippen LogP contribution is 2.47. The molecule has 0 saturated carbocycles. The van der Waals surface area contributed by atoms with E-state index in [1.807, 2.05) is 60.7 Å². The molecule has 0 heteroatoms. The van der Waals surface area contributed by atoms with Crippen molar-refractivity contribution in [2.75, 3.05) is 0 Å². The summed E-state index contributed by atoms with van der Waals surface area (Å²) < 4.78 is 109. The van der Waals surface area contributed by atoms with Crippen molar-refractivity contribution in [3.63, 3.8) is 0 Å². The molecule has 0 amide bonds. The molecule has 0 saturated heterocycles. The smallest absolute Gasteiger partial charge is 0.0616 e. The van der Waals surface area contributed by atoms with E-state index in [-0.39, 0.29) is 43.8 Å². The minimum Gasteiger partial charge on any atom is -0.0616 e. The van der Waals surface area contributed by atoms with Gasteiger partial charge in [-0.05, 0) is 82.5 Å². The summed E-state index contributed by atoms with van der Waals surface area (Å²) >= 11 is 0. The van der Waals surface area contributed by atoms with Crippen molar-refractivity contribution >= 4 is 43.1 Å². The maximum absolute atomic E-state index is 9.36. The van der Waals surface area contributed by atoms with Gasteiger partial charge in [-0.25, -0.2) is 0 Å². The van der Waals surface area contributed by atoms with Crippen molar-refractivity contribution in [3.05, 3.63) is 157 Å². The Bertz CT molecular complexity index is 2790. The van der Waals surface area contributed by atoms with Gasteiger partial charge in [-0.2, -0.15) is 0 Å². The Morgan fingerprint density at radius 3 is 1.57 bits per heavy atom. The fourth-order valence-corrected chi connectivity index (χ4v) is 5.65. The first kappa shape index (κ1) is 13.7. The Labute approximate surface area is 250 Å². The number of fused-ring (bicyclic) bond motifs is 4. The molecular weight excluding hydrogens is 480 g/mol. The summed E-state index contributed by atoms with van der Waals surface area (Å²) in [5.74, 6) is 0. The summed E-state index contributed by atoms with van der Waals surface area (Å²) in [7, 11) is 0. The van der Waals surface area contributed by atoms with Crippen molar-refractivity contribution in [3.8, 4) is 33.4 Å². The molecule has 0 radical (unpaired) electrons. The largest absolute Gasteiger partial charge is 0.0629 e. The average Bonchev–Trinajstić information content (AvgIpc) is 3.16. The molecule has 0 atom stereocenters. The Kier molecular flexibility index (Phi) is 3.17. The van der Waals surface area contributed by atoms with Gasteiger partial charge in [0.05, 0.1) is 16.4 Å². The normalized spacial score (nSPS) is 15.7. The first-order valence-corrected chi connectivity index (χ1v) is 12.9. The molecule has 0 spiro atoms. The fraction of sp³-hybridized carbons (Fsp3) is 0. The van der Waals surface area contributed by atoms with Crippen LogP contribution in [0.25, 0.3) is 76.5 Å². The molecule has 40 heavy (non-hydrogen) atoms. The van der Waals surface area contributed by atoms with E-state index in [2.05, 4.69) is 0 Å². The Morgan fingerprint density at radius 1 is 0.350 bits per heavy atom. The molecule has 0 heterocycles. The van der Waals surface area contributed by atoms with E-state index in [4.69, 9.17) is 8.22 Å². The van der Waals surface area contributed by atoms with Gasteiger partial charge >= 0.3 is 0 Å². The molecule has 8 rings (SSSR count). The van der Waals surface area contributed by atoms with Crippen molar-refractivity contribution < 1.29 is 16.4 Å². The van der Waals surface area contributed by atoms with Crippen LogP contribution in [-0.4, -0.2) is 0 Å². The van der Waals surface area contributed by atoms with Crippen LogP contribution in [0.4, 0.5) is 0 Å². The van der Waals surface area contributed by atoms with Crippen LogP contribution < -0.4 is 0 Å². The lowest BCUT2D eigenvalue weighted by Crippen LogP contribution is -1.93. The van der Waals surface area contributed by atoms with Gasteiger partial charge in [0.25, 0.3) is 0 Å². The third-order valence-corrected chi connectivity index (χ3v) is 7.41. The van der Waals surface area contributed by atoms with E-state index < -0.39 is 72.5 Å². The summed E-state index contributed by atoms with van der Waals surface area (Å²) in [6.45, 7) is 0. The highest BCUT2D eigenvalue weighted by molar-refractivity contribution is 6.24. The molecule has 8 aromatic carbocycles. The molecule has 0 fully saturated rings. The Balaban J connectivity index is 1.73. The summed E-state index contributed by atoms with van der Waals surface area (Å²) in [5.41, 5.74) is 0.773. The third-order valence-electron chi connectivity index (χ3n) is 7.41. The predicted molar refractivity (Wildman–Crippen MR) is 173 cm³/mol. The molecule has 0 aliphatic rings. The molecule has 0 N–H and O–H groups in total. The van der Waals surface area contributed by atoms with E-state index in [1.165, 1.54) is 0 Å². The van der Waals surface area contributed by atoms with Crippen molar-refractivity contribution in [1.82, 2.24) is 0 Å². The van der Waals surface area contributed by atoms with Gasteiger partial charge in [-0.1, -0.05) is 151 Å². The number of hydrogen-bond acceptors (Lipinski definition) is 0. The summed E-state index contributed by atoms with van der Waals surface area (Å²) in [5, 5.41) is 2.81. The van der Waals surface area contributed by atoms with Gasteiger partial charge in [-0.3, -0.25) is 0 Å². The Morgan fingerprint density at radius 2 is 0.875 bits per heavy atom. The average molecular weight is 519 g/mol. The zero-order valence-corrected chi connectivity index (χ0v) is 21.1. The van der Waals surface area contributed by atoms with Crippen molar-refractivity contribution in [1.29, 1.82) is 0 Å². The van der Waals surface area contributed by atoms with Crippen LogP contribution in [0.1, 0.15) is 16.4 Å². The molecule has 0 aromatic heterocycles. The van der Waals surface area contributed by atoms with Crippen LogP contribution in [-0.2, 0) is 0 Å². The van der Waals surface area contributed by atoms with Gasteiger partial charge in [0.1, 0.15) is 0 Å². The second-order valence-electron chi connectivity index (χ2n) is 9.59. The number of benzene rings is 8. The first-order chi connectivity index (χ1) is 24.8. The summed E-state index contributed by atoms with van der Waals surface area (Å²) in [6.07, 6.45) is 0. The zero-order chi connectivity index (χ0) is 36.9. The molecule has 0 aliphatic heterocycles. The molecule has 0 aliphatic carbocycles. The van der Waals surface area contributed by atoms with E-state index >= 15 is 0 Å². The standard InChI is InChI=1S/C40H26/c1-2-14-29-26-30(25-24-27(29)12-1)32-17-5-6-18-33(32)39-35-19-7-9-21-37(35)40(38-22-10-8-20-36(38)39)34-23-11-15-28-13-3-4-16-31(28)34/h1-26H/i5D,6D,7D,8D,9D,10D,17D,18D,19D,20D,21D,22D. The zero-order valence-electron chi connectivity index (χ0n) is 33.1. The SMILES string of the molecule is [2H]c1c([2H])c([2H])c(-c2c3c([2H])c([2H])c([2H])c([2H])c3c(-c3cccc4ccccc34)c3c([2H])c([2H])c([2H])c([2H])c23)c(-c2ccc3ccccc3c2)c1[2H]. The van der Waals surface area contributed by atoms with Crippen LogP contribution in [0.3, 0.4) is 0 Å². The lowest BCUT2D eigenvalue weighted by atomic mass is 9.83. The minimum atomic E-state index is -0.606. The fourth-order valence-electron chi connectivity index (χ4n) is 5.65. The molecular formula is C40H26. The third kappa shape index (κ3) is 3.54. The topological polar surface area (TPSA) is 0 Å². The second-order valence-corrected chi connectivity index (χ2v) is 9.59. The molecule has 0 unspecified atom stereocenters. The van der Waals surface area contributed by atoms with Crippen LogP contribution in [0.5, 0.6) is 0 Å². The van der Waals surface area contributed by atoms with Gasteiger partial charge in [0, 0.05) is 0 Å². The van der Waals surface area contributed by atoms with Gasteiger partial charge < -0.3 is 0 Å². The maximum Gasteiger partial charge on any atom is 0.0629 e. The van der Waals surface area contributed by atoms with Gasteiger partial charge in [-0.15, -0.1) is 0 Å². The summed E-state index contributed by atoms with van der Waals surface area (Å²) in [6, 6.07) is 19.2. The Hall–Kier alpha value is -5.20. The van der Waals surface area contributed by atoms with E-state index in [0.717, 1.165) is 16.2 Å². The van der Waals surface area contributed by atoms with Crippen LogP contribution in [0.15, 0.2) is 157 Å². The first-order valence-electron chi connectivity index (χ1n) is 18.9. The van der Waals surface area contributed by atoms with Crippen LogP contribution >= 0.6 is 0 Å². The van der Waals surface area contributed by atoms with E-state index in [9.17, 15) is 8.22 Å². The minimum absolute atomic E-state index is 0.0251. The van der Waals surface area contributed by atoms with Gasteiger partial charge in [0.15, 0.2) is 0 Å². The van der Waals surface area contributed by atoms with Gasteiger partial charge in [0.2, 0.25) is 0 Å². The van der Waals surface area contributed by atoms with Crippen molar-refractivity contribution in [2.24, 2.45) is 0 Å².